The van der Waals surface area contributed by atoms with Gasteiger partial charge >= 0.3 is 0 Å². The third-order valence-corrected chi connectivity index (χ3v) is 12.0. The number of rotatable bonds is 5. The van der Waals surface area contributed by atoms with Gasteiger partial charge < -0.3 is 9.47 Å². The molecule has 260 valence electrons. The number of hydrogen-bond acceptors (Lipinski definition) is 1. The quantitative estimate of drug-likeness (QED) is 0.173. The molecule has 1 aliphatic carbocycles. The smallest absolute Gasteiger partial charge is 0.0619 e. The van der Waals surface area contributed by atoms with Crippen molar-refractivity contribution in [3.63, 3.8) is 0 Å². The van der Waals surface area contributed by atoms with E-state index in [0.717, 1.165) is 17.1 Å². The van der Waals surface area contributed by atoms with Gasteiger partial charge in [-0.25, -0.2) is 0 Å². The Bertz CT molecular complexity index is 3110. The second-order valence-corrected chi connectivity index (χ2v) is 15.4. The lowest BCUT2D eigenvalue weighted by Crippen LogP contribution is -2.17. The molecule has 0 saturated carbocycles. The molecule has 11 rings (SSSR count). The van der Waals surface area contributed by atoms with Gasteiger partial charge in [0, 0.05) is 44.3 Å². The highest BCUT2D eigenvalue weighted by atomic mass is 15.1. The zero-order valence-electron chi connectivity index (χ0n) is 30.9. The van der Waals surface area contributed by atoms with Crippen LogP contribution < -0.4 is 4.90 Å². The average Bonchev–Trinajstić information content (AvgIpc) is 3.70. The van der Waals surface area contributed by atoms with E-state index in [0.29, 0.717) is 0 Å². The lowest BCUT2D eigenvalue weighted by atomic mass is 9.82. The molecule has 1 aliphatic rings. The van der Waals surface area contributed by atoms with E-state index in [1.165, 1.54) is 82.4 Å². The summed E-state index contributed by atoms with van der Waals surface area (Å²) in [6.45, 7) is 4.77. The van der Waals surface area contributed by atoms with E-state index in [1.54, 1.807) is 0 Å². The van der Waals surface area contributed by atoms with E-state index in [-0.39, 0.29) is 5.41 Å². The van der Waals surface area contributed by atoms with Crippen LogP contribution >= 0.6 is 0 Å². The Balaban J connectivity index is 1.03. The third kappa shape index (κ3) is 4.81. The van der Waals surface area contributed by atoms with Crippen molar-refractivity contribution >= 4 is 60.4 Å². The van der Waals surface area contributed by atoms with Crippen molar-refractivity contribution < 1.29 is 0 Å². The van der Waals surface area contributed by atoms with E-state index < -0.39 is 0 Å². The van der Waals surface area contributed by atoms with Crippen LogP contribution in [0.3, 0.4) is 0 Å². The molecule has 0 unspecified atom stereocenters. The molecule has 10 aromatic rings. The summed E-state index contributed by atoms with van der Waals surface area (Å²) in [7, 11) is 0. The first-order chi connectivity index (χ1) is 27.0. The summed E-state index contributed by atoms with van der Waals surface area (Å²) < 4.78 is 2.48. The van der Waals surface area contributed by atoms with Crippen molar-refractivity contribution in [2.24, 2.45) is 0 Å². The van der Waals surface area contributed by atoms with Gasteiger partial charge in [-0.15, -0.1) is 0 Å². The number of fused-ring (bicyclic) bond motifs is 9. The normalized spacial score (nSPS) is 13.1. The number of para-hydroxylation sites is 2. The van der Waals surface area contributed by atoms with Crippen LogP contribution in [0.5, 0.6) is 0 Å². The lowest BCUT2D eigenvalue weighted by molar-refractivity contribution is 0.660. The Morgan fingerprint density at radius 3 is 1.80 bits per heavy atom. The van der Waals surface area contributed by atoms with E-state index in [9.17, 15) is 0 Å². The minimum absolute atomic E-state index is 0.210. The van der Waals surface area contributed by atoms with Crippen molar-refractivity contribution in [1.82, 2.24) is 4.57 Å². The Labute approximate surface area is 321 Å². The Kier molecular flexibility index (Phi) is 6.93. The van der Waals surface area contributed by atoms with Crippen molar-refractivity contribution in [2.75, 3.05) is 4.90 Å². The maximum atomic E-state index is 2.48. The monoisotopic (exact) mass is 702 g/mol. The predicted molar refractivity (Wildman–Crippen MR) is 233 cm³/mol. The van der Waals surface area contributed by atoms with Crippen LogP contribution in [0.15, 0.2) is 194 Å². The summed E-state index contributed by atoms with van der Waals surface area (Å²) >= 11 is 0. The maximum absolute atomic E-state index is 2.48. The van der Waals surface area contributed by atoms with Gasteiger partial charge in [0.05, 0.1) is 11.0 Å². The predicted octanol–water partition coefficient (Wildman–Crippen LogP) is 14.5. The van der Waals surface area contributed by atoms with Crippen molar-refractivity contribution in [3.05, 3.63) is 205 Å². The largest absolute Gasteiger partial charge is 0.310 e. The summed E-state index contributed by atoms with van der Waals surface area (Å²) in [4.78, 5) is 2.39. The Hall–Kier alpha value is -6.90. The van der Waals surface area contributed by atoms with E-state index >= 15 is 0 Å². The van der Waals surface area contributed by atoms with Gasteiger partial charge in [0.2, 0.25) is 0 Å². The second kappa shape index (κ2) is 12.1. The van der Waals surface area contributed by atoms with Crippen LogP contribution in [-0.4, -0.2) is 4.57 Å². The van der Waals surface area contributed by atoms with Gasteiger partial charge in [0.1, 0.15) is 0 Å². The molecule has 55 heavy (non-hydrogen) atoms. The topological polar surface area (TPSA) is 8.17 Å². The first-order valence-corrected chi connectivity index (χ1v) is 19.2. The van der Waals surface area contributed by atoms with Gasteiger partial charge in [0.25, 0.3) is 0 Å². The molecule has 0 N–H and O–H groups in total. The van der Waals surface area contributed by atoms with E-state index in [1.807, 2.05) is 0 Å². The summed E-state index contributed by atoms with van der Waals surface area (Å²) in [5.41, 5.74) is 14.7. The number of anilines is 3. The highest BCUT2D eigenvalue weighted by Crippen LogP contribution is 2.52. The standard InChI is InChI=1S/C53H38N2/c1-53(2)49-33-40(54(38-16-4-3-5-17-38)39-26-23-37(24-27-39)43-21-12-15-35-13-6-8-18-42(35)43)28-31-45(49)46-32-29-41(34-50(46)53)55-51-22-11-10-20-47(51)48-30-25-36-14-7-9-19-44(36)52(48)55/h3-34H,1-2H3. The fourth-order valence-electron chi connectivity index (χ4n) is 9.28. The zero-order valence-corrected chi connectivity index (χ0v) is 30.9. The molecule has 0 amide bonds. The minimum Gasteiger partial charge on any atom is -0.310 e. The number of aromatic nitrogens is 1. The third-order valence-electron chi connectivity index (χ3n) is 12.0. The summed E-state index contributed by atoms with van der Waals surface area (Å²) in [6, 6.07) is 71.3. The molecule has 0 aliphatic heterocycles. The molecule has 0 radical (unpaired) electrons. The number of hydrogen-bond donors (Lipinski definition) is 0. The molecule has 9 aromatic carbocycles. The number of nitrogens with zero attached hydrogens (tertiary/aromatic N) is 2. The lowest BCUT2D eigenvalue weighted by Gasteiger charge is -2.28. The van der Waals surface area contributed by atoms with Crippen molar-refractivity contribution in [2.45, 2.75) is 19.3 Å². The molecule has 0 bridgehead atoms. The van der Waals surface area contributed by atoms with Gasteiger partial charge in [-0.3, -0.25) is 0 Å². The fourth-order valence-corrected chi connectivity index (χ4v) is 9.28. The van der Waals surface area contributed by atoms with Gasteiger partial charge in [-0.2, -0.15) is 0 Å². The van der Waals surface area contributed by atoms with Crippen LogP contribution in [0.25, 0.3) is 71.3 Å². The van der Waals surface area contributed by atoms with E-state index in [2.05, 4.69) is 217 Å². The van der Waals surface area contributed by atoms with Crippen molar-refractivity contribution in [1.29, 1.82) is 0 Å². The Morgan fingerprint density at radius 1 is 0.400 bits per heavy atom. The average molecular weight is 703 g/mol. The van der Waals surface area contributed by atoms with Crippen LogP contribution in [0.4, 0.5) is 17.1 Å². The van der Waals surface area contributed by atoms with Crippen molar-refractivity contribution in [3.8, 4) is 27.9 Å². The SMILES string of the molecule is CC1(C)c2cc(N(c3ccccc3)c3ccc(-c4cccc5ccccc45)cc3)ccc2-c2ccc(-n3c4ccccc4c4ccc5ccccc5c43)cc21. The molecule has 1 heterocycles. The van der Waals surface area contributed by atoms with E-state index in [4.69, 9.17) is 0 Å². The molecule has 2 heteroatoms. The first-order valence-electron chi connectivity index (χ1n) is 19.2. The van der Waals surface area contributed by atoms with Crippen LogP contribution in [-0.2, 0) is 5.41 Å². The fraction of sp³-hybridized carbons (Fsp3) is 0.0566. The zero-order chi connectivity index (χ0) is 36.7. The molecule has 0 atom stereocenters. The van der Waals surface area contributed by atoms with Crippen LogP contribution in [0.2, 0.25) is 0 Å². The number of benzene rings is 9. The summed E-state index contributed by atoms with van der Waals surface area (Å²) in [5, 5.41) is 7.62. The minimum atomic E-state index is -0.210. The highest BCUT2D eigenvalue weighted by Gasteiger charge is 2.36. The molecular formula is C53H38N2. The highest BCUT2D eigenvalue weighted by molar-refractivity contribution is 6.18. The molecule has 1 aromatic heterocycles. The second-order valence-electron chi connectivity index (χ2n) is 15.4. The van der Waals surface area contributed by atoms with Gasteiger partial charge in [0.15, 0.2) is 0 Å². The van der Waals surface area contributed by atoms with Crippen LogP contribution in [0.1, 0.15) is 25.0 Å². The molecule has 0 fully saturated rings. The summed E-state index contributed by atoms with van der Waals surface area (Å²) in [6.07, 6.45) is 0. The molecular weight excluding hydrogens is 665 g/mol. The molecule has 2 nitrogen and oxygen atoms in total. The molecule has 0 spiro atoms. The summed E-state index contributed by atoms with van der Waals surface area (Å²) in [5.74, 6) is 0. The maximum Gasteiger partial charge on any atom is 0.0619 e. The Morgan fingerprint density at radius 2 is 1.00 bits per heavy atom. The van der Waals surface area contributed by atoms with Crippen LogP contribution in [0, 0.1) is 0 Å². The molecule has 0 saturated heterocycles. The van der Waals surface area contributed by atoms with Gasteiger partial charge in [-0.1, -0.05) is 153 Å². The first kappa shape index (κ1) is 31.6. The van der Waals surface area contributed by atoms with Gasteiger partial charge in [-0.05, 0) is 104 Å².